The van der Waals surface area contributed by atoms with Gasteiger partial charge in [0.15, 0.2) is 0 Å². The lowest BCUT2D eigenvalue weighted by Crippen LogP contribution is -2.17. The van der Waals surface area contributed by atoms with E-state index in [9.17, 15) is 4.79 Å². The van der Waals surface area contributed by atoms with E-state index in [-0.39, 0.29) is 18.6 Å². The summed E-state index contributed by atoms with van der Waals surface area (Å²) in [5.41, 5.74) is 0.696. The largest absolute Gasteiger partial charge is 0.379 e. The zero-order valence-corrected chi connectivity index (χ0v) is 9.89. The molecular weight excluding hydrogens is 222 g/mol. The molecule has 0 aromatic carbocycles. The van der Waals surface area contributed by atoms with Crippen molar-refractivity contribution >= 4 is 11.6 Å². The predicted molar refractivity (Wildman–Crippen MR) is 61.8 cm³/mol. The maximum atomic E-state index is 11.4. The molecule has 1 saturated heterocycles. The molecule has 1 N–H and O–H groups in total. The maximum absolute atomic E-state index is 11.4. The molecule has 94 valence electrons. The first-order valence-electron chi connectivity index (χ1n) is 5.79. The fourth-order valence-corrected chi connectivity index (χ4v) is 1.72. The first-order valence-corrected chi connectivity index (χ1v) is 5.79. The molecule has 2 heterocycles. The molecule has 1 aliphatic heterocycles. The van der Waals surface area contributed by atoms with Gasteiger partial charge in [-0.1, -0.05) is 0 Å². The van der Waals surface area contributed by atoms with Crippen molar-refractivity contribution in [1.82, 2.24) is 9.78 Å². The van der Waals surface area contributed by atoms with Crippen molar-refractivity contribution in [3.05, 3.63) is 12.4 Å². The standard InChI is InChI=1S/C11H17N3O3/c1-2-16-8-11(15)13-9-5-12-14(6-9)10-3-4-17-7-10/h5-6,10H,2-4,7-8H2,1H3,(H,13,15)/t10-/m0/s1. The van der Waals surface area contributed by atoms with Gasteiger partial charge in [0, 0.05) is 19.4 Å². The van der Waals surface area contributed by atoms with Crippen LogP contribution < -0.4 is 5.32 Å². The first-order chi connectivity index (χ1) is 8.29. The van der Waals surface area contributed by atoms with Gasteiger partial charge in [-0.05, 0) is 13.3 Å². The van der Waals surface area contributed by atoms with Gasteiger partial charge in [0.2, 0.25) is 5.91 Å². The molecule has 17 heavy (non-hydrogen) atoms. The van der Waals surface area contributed by atoms with E-state index in [1.165, 1.54) is 0 Å². The van der Waals surface area contributed by atoms with Crippen LogP contribution in [0.1, 0.15) is 19.4 Å². The maximum Gasteiger partial charge on any atom is 0.250 e. The van der Waals surface area contributed by atoms with Gasteiger partial charge in [-0.3, -0.25) is 9.48 Å². The quantitative estimate of drug-likeness (QED) is 0.826. The highest BCUT2D eigenvalue weighted by Crippen LogP contribution is 2.19. The van der Waals surface area contributed by atoms with Crippen LogP contribution in [0, 0.1) is 0 Å². The van der Waals surface area contributed by atoms with Crippen LogP contribution >= 0.6 is 0 Å². The summed E-state index contributed by atoms with van der Waals surface area (Å²) in [6.07, 6.45) is 4.43. The van der Waals surface area contributed by atoms with Crippen LogP contribution in [0.4, 0.5) is 5.69 Å². The van der Waals surface area contributed by atoms with Crippen molar-refractivity contribution in [2.24, 2.45) is 0 Å². The number of carbonyl (C=O) groups excluding carboxylic acids is 1. The number of ether oxygens (including phenoxy) is 2. The lowest BCUT2D eigenvalue weighted by molar-refractivity contribution is -0.120. The zero-order valence-electron chi connectivity index (χ0n) is 9.89. The molecule has 6 heteroatoms. The van der Waals surface area contributed by atoms with Crippen LogP contribution in [0.15, 0.2) is 12.4 Å². The Morgan fingerprint density at radius 3 is 3.35 bits per heavy atom. The summed E-state index contributed by atoms with van der Waals surface area (Å²) in [6.45, 7) is 3.93. The van der Waals surface area contributed by atoms with E-state index in [0.29, 0.717) is 18.9 Å². The third-order valence-electron chi connectivity index (χ3n) is 2.60. The van der Waals surface area contributed by atoms with E-state index in [2.05, 4.69) is 10.4 Å². The molecule has 6 nitrogen and oxygen atoms in total. The molecular formula is C11H17N3O3. The predicted octanol–water partition coefficient (Wildman–Crippen LogP) is 0.819. The van der Waals surface area contributed by atoms with E-state index >= 15 is 0 Å². The highest BCUT2D eigenvalue weighted by molar-refractivity contribution is 5.91. The number of amides is 1. The van der Waals surface area contributed by atoms with Crippen molar-refractivity contribution in [2.45, 2.75) is 19.4 Å². The molecule has 0 bridgehead atoms. The Kier molecular flexibility index (Phi) is 4.11. The summed E-state index contributed by atoms with van der Waals surface area (Å²) in [5, 5.41) is 6.95. The van der Waals surface area contributed by atoms with Gasteiger partial charge in [0.1, 0.15) is 6.61 Å². The van der Waals surface area contributed by atoms with Crippen LogP contribution in [0.3, 0.4) is 0 Å². The molecule has 0 radical (unpaired) electrons. The second kappa shape index (κ2) is 5.79. The van der Waals surface area contributed by atoms with Crippen molar-refractivity contribution < 1.29 is 14.3 Å². The topological polar surface area (TPSA) is 65.4 Å². The number of rotatable bonds is 5. The lowest BCUT2D eigenvalue weighted by Gasteiger charge is -2.06. The summed E-state index contributed by atoms with van der Waals surface area (Å²) in [5.74, 6) is -0.158. The molecule has 0 spiro atoms. The average molecular weight is 239 g/mol. The van der Waals surface area contributed by atoms with Crippen LogP contribution in [0.5, 0.6) is 0 Å². The molecule has 0 unspecified atom stereocenters. The molecule has 0 saturated carbocycles. The van der Waals surface area contributed by atoms with Crippen LogP contribution in [-0.2, 0) is 14.3 Å². The SMILES string of the molecule is CCOCC(=O)Nc1cnn([C@H]2CCOC2)c1. The van der Waals surface area contributed by atoms with E-state index in [1.807, 2.05) is 17.8 Å². The number of carbonyl (C=O) groups is 1. The first kappa shape index (κ1) is 12.1. The van der Waals surface area contributed by atoms with Crippen molar-refractivity contribution in [3.63, 3.8) is 0 Å². The normalized spacial score (nSPS) is 19.5. The summed E-state index contributed by atoms with van der Waals surface area (Å²) in [4.78, 5) is 11.4. The van der Waals surface area contributed by atoms with Gasteiger partial charge in [-0.2, -0.15) is 5.10 Å². The monoisotopic (exact) mass is 239 g/mol. The minimum absolute atomic E-state index is 0.0776. The Bertz CT molecular complexity index is 372. The van der Waals surface area contributed by atoms with E-state index < -0.39 is 0 Å². The van der Waals surface area contributed by atoms with Crippen LogP contribution in [0.25, 0.3) is 0 Å². The van der Waals surface area contributed by atoms with Gasteiger partial charge < -0.3 is 14.8 Å². The molecule has 1 aliphatic rings. The van der Waals surface area contributed by atoms with E-state index in [4.69, 9.17) is 9.47 Å². The van der Waals surface area contributed by atoms with Crippen LogP contribution in [-0.4, -0.2) is 42.1 Å². The van der Waals surface area contributed by atoms with Crippen molar-refractivity contribution in [1.29, 1.82) is 0 Å². The van der Waals surface area contributed by atoms with Crippen molar-refractivity contribution in [3.8, 4) is 0 Å². The lowest BCUT2D eigenvalue weighted by atomic mass is 10.3. The smallest absolute Gasteiger partial charge is 0.250 e. The number of nitrogens with zero attached hydrogens (tertiary/aromatic N) is 2. The Morgan fingerprint density at radius 2 is 2.65 bits per heavy atom. The Labute approximate surface area is 99.9 Å². The highest BCUT2D eigenvalue weighted by Gasteiger charge is 2.18. The fourth-order valence-electron chi connectivity index (χ4n) is 1.72. The molecule has 1 aromatic rings. The summed E-state index contributed by atoms with van der Waals surface area (Å²) in [6, 6.07) is 0.285. The zero-order chi connectivity index (χ0) is 12.1. The number of hydrogen-bond donors (Lipinski definition) is 1. The van der Waals surface area contributed by atoms with Gasteiger partial charge >= 0.3 is 0 Å². The Balaban J connectivity index is 1.87. The third-order valence-corrected chi connectivity index (χ3v) is 2.60. The Morgan fingerprint density at radius 1 is 1.76 bits per heavy atom. The molecule has 1 atom stereocenters. The molecule has 1 fully saturated rings. The second-order valence-electron chi connectivity index (χ2n) is 3.91. The molecule has 0 aliphatic carbocycles. The van der Waals surface area contributed by atoms with Crippen LogP contribution in [0.2, 0.25) is 0 Å². The second-order valence-corrected chi connectivity index (χ2v) is 3.91. The molecule has 1 amide bonds. The van der Waals surface area contributed by atoms with Gasteiger partial charge in [0.25, 0.3) is 0 Å². The van der Waals surface area contributed by atoms with E-state index in [1.54, 1.807) is 6.20 Å². The van der Waals surface area contributed by atoms with E-state index in [0.717, 1.165) is 13.0 Å². The fraction of sp³-hybridized carbons (Fsp3) is 0.636. The number of nitrogens with one attached hydrogen (secondary N) is 1. The number of hydrogen-bond acceptors (Lipinski definition) is 4. The minimum Gasteiger partial charge on any atom is -0.379 e. The summed E-state index contributed by atoms with van der Waals surface area (Å²) < 4.78 is 12.1. The van der Waals surface area contributed by atoms with Gasteiger partial charge in [-0.15, -0.1) is 0 Å². The average Bonchev–Trinajstić information content (AvgIpc) is 2.95. The minimum atomic E-state index is -0.158. The molecule has 2 rings (SSSR count). The summed E-state index contributed by atoms with van der Waals surface area (Å²) >= 11 is 0. The number of anilines is 1. The van der Waals surface area contributed by atoms with Gasteiger partial charge in [0.05, 0.1) is 24.5 Å². The molecule has 1 aromatic heterocycles. The number of aromatic nitrogens is 2. The Hall–Kier alpha value is -1.40. The third kappa shape index (κ3) is 3.28. The highest BCUT2D eigenvalue weighted by atomic mass is 16.5. The van der Waals surface area contributed by atoms with Gasteiger partial charge in [-0.25, -0.2) is 0 Å². The summed E-state index contributed by atoms with van der Waals surface area (Å²) in [7, 11) is 0. The van der Waals surface area contributed by atoms with Crippen molar-refractivity contribution in [2.75, 3.05) is 31.7 Å².